The summed E-state index contributed by atoms with van der Waals surface area (Å²) in [7, 11) is 0. The Labute approximate surface area is 86.7 Å². The lowest BCUT2D eigenvalue weighted by molar-refractivity contribution is 0.935. The minimum atomic E-state index is 0.591. The van der Waals surface area contributed by atoms with Crippen LogP contribution in [0.15, 0.2) is 29.8 Å². The number of aryl methyl sites for hydroxylation is 2. The van der Waals surface area contributed by atoms with E-state index in [2.05, 4.69) is 45.0 Å². The first kappa shape index (κ1) is 9.51. The van der Waals surface area contributed by atoms with Crippen LogP contribution >= 0.6 is 0 Å². The standard InChI is InChI=1S/C14H18/c1-10-4-6-13-9-11(2)5-7-14(13)12(3)8-10/h5,7-9,12H,4,6H2,1-3H3. The fraction of sp³-hybridized carbons (Fsp3) is 0.429. The minimum absolute atomic E-state index is 0.591. The van der Waals surface area contributed by atoms with E-state index in [0.717, 1.165) is 0 Å². The van der Waals surface area contributed by atoms with Crippen LogP contribution in [0.5, 0.6) is 0 Å². The summed E-state index contributed by atoms with van der Waals surface area (Å²) in [5.74, 6) is 0.591. The first-order chi connectivity index (χ1) is 6.66. The summed E-state index contributed by atoms with van der Waals surface area (Å²) in [6.45, 7) is 6.72. The topological polar surface area (TPSA) is 0 Å². The molecule has 0 N–H and O–H groups in total. The molecule has 0 heteroatoms. The van der Waals surface area contributed by atoms with E-state index in [4.69, 9.17) is 0 Å². The second-order valence-corrected chi connectivity index (χ2v) is 4.50. The first-order valence-corrected chi connectivity index (χ1v) is 5.43. The van der Waals surface area contributed by atoms with Gasteiger partial charge in [-0.2, -0.15) is 0 Å². The molecule has 0 fully saturated rings. The van der Waals surface area contributed by atoms with Crippen LogP contribution in [0.1, 0.15) is 42.9 Å². The van der Waals surface area contributed by atoms with Crippen molar-refractivity contribution in [2.24, 2.45) is 0 Å². The summed E-state index contributed by atoms with van der Waals surface area (Å²) in [4.78, 5) is 0. The SMILES string of the molecule is CC1=CC(C)c2ccc(C)cc2CC1. The van der Waals surface area contributed by atoms with Crippen molar-refractivity contribution >= 4 is 0 Å². The van der Waals surface area contributed by atoms with Crippen molar-refractivity contribution in [2.75, 3.05) is 0 Å². The van der Waals surface area contributed by atoms with Crippen LogP contribution in [0, 0.1) is 6.92 Å². The van der Waals surface area contributed by atoms with Crippen molar-refractivity contribution in [1.82, 2.24) is 0 Å². The Kier molecular flexibility index (Phi) is 2.45. The van der Waals surface area contributed by atoms with E-state index in [9.17, 15) is 0 Å². The monoisotopic (exact) mass is 186 g/mol. The number of benzene rings is 1. The molecule has 1 aliphatic carbocycles. The maximum absolute atomic E-state index is 2.40. The average Bonchev–Trinajstić information content (AvgIpc) is 2.26. The molecule has 1 unspecified atom stereocenters. The molecule has 0 heterocycles. The maximum Gasteiger partial charge on any atom is -0.000513 e. The maximum atomic E-state index is 2.40. The van der Waals surface area contributed by atoms with Crippen molar-refractivity contribution in [2.45, 2.75) is 39.5 Å². The Bertz CT molecular complexity index is 372. The van der Waals surface area contributed by atoms with Gasteiger partial charge in [0.1, 0.15) is 0 Å². The predicted octanol–water partition coefficient (Wildman–Crippen LogP) is 3.99. The van der Waals surface area contributed by atoms with Crippen LogP contribution < -0.4 is 0 Å². The van der Waals surface area contributed by atoms with Gasteiger partial charge in [-0.1, -0.05) is 42.3 Å². The van der Waals surface area contributed by atoms with Crippen LogP contribution in [0.3, 0.4) is 0 Å². The highest BCUT2D eigenvalue weighted by Gasteiger charge is 2.12. The molecule has 1 atom stereocenters. The van der Waals surface area contributed by atoms with Gasteiger partial charge in [-0.15, -0.1) is 0 Å². The number of allylic oxidation sites excluding steroid dienone is 2. The van der Waals surface area contributed by atoms with Crippen LogP contribution in [-0.4, -0.2) is 0 Å². The van der Waals surface area contributed by atoms with Gasteiger partial charge in [0.2, 0.25) is 0 Å². The number of hydrogen-bond donors (Lipinski definition) is 0. The van der Waals surface area contributed by atoms with E-state index in [1.54, 1.807) is 5.56 Å². The van der Waals surface area contributed by atoms with Gasteiger partial charge in [0.15, 0.2) is 0 Å². The molecular formula is C14H18. The Hall–Kier alpha value is -1.04. The molecule has 0 aromatic heterocycles. The van der Waals surface area contributed by atoms with Crippen LogP contribution in [0.4, 0.5) is 0 Å². The number of fused-ring (bicyclic) bond motifs is 1. The predicted molar refractivity (Wildman–Crippen MR) is 61.7 cm³/mol. The van der Waals surface area contributed by atoms with Gasteiger partial charge in [0.25, 0.3) is 0 Å². The summed E-state index contributed by atoms with van der Waals surface area (Å²) < 4.78 is 0. The van der Waals surface area contributed by atoms with Gasteiger partial charge in [0, 0.05) is 0 Å². The van der Waals surface area contributed by atoms with E-state index in [-0.39, 0.29) is 0 Å². The molecule has 1 aromatic rings. The van der Waals surface area contributed by atoms with E-state index in [1.807, 2.05) is 0 Å². The van der Waals surface area contributed by atoms with E-state index < -0.39 is 0 Å². The largest absolute Gasteiger partial charge is 0.0783 e. The molecule has 0 radical (unpaired) electrons. The van der Waals surface area contributed by atoms with Crippen LogP contribution in [-0.2, 0) is 6.42 Å². The zero-order chi connectivity index (χ0) is 10.1. The molecule has 1 aliphatic rings. The quantitative estimate of drug-likeness (QED) is 0.537. The van der Waals surface area contributed by atoms with Gasteiger partial charge in [-0.3, -0.25) is 0 Å². The second kappa shape index (κ2) is 3.61. The molecular weight excluding hydrogens is 168 g/mol. The van der Waals surface area contributed by atoms with Gasteiger partial charge in [-0.05, 0) is 43.7 Å². The van der Waals surface area contributed by atoms with Crippen molar-refractivity contribution in [3.05, 3.63) is 46.5 Å². The Balaban J connectivity index is 2.46. The smallest absolute Gasteiger partial charge is 0.000513 e. The summed E-state index contributed by atoms with van der Waals surface area (Å²) in [5, 5.41) is 0. The molecule has 0 nitrogen and oxygen atoms in total. The molecule has 0 bridgehead atoms. The number of hydrogen-bond acceptors (Lipinski definition) is 0. The van der Waals surface area contributed by atoms with Gasteiger partial charge >= 0.3 is 0 Å². The zero-order valence-corrected chi connectivity index (χ0v) is 9.30. The van der Waals surface area contributed by atoms with Crippen LogP contribution in [0.2, 0.25) is 0 Å². The van der Waals surface area contributed by atoms with E-state index in [1.165, 1.54) is 29.5 Å². The first-order valence-electron chi connectivity index (χ1n) is 5.43. The lowest BCUT2D eigenvalue weighted by atomic mass is 9.94. The fourth-order valence-corrected chi connectivity index (χ4v) is 2.33. The van der Waals surface area contributed by atoms with Crippen molar-refractivity contribution < 1.29 is 0 Å². The normalized spacial score (nSPS) is 21.1. The van der Waals surface area contributed by atoms with E-state index >= 15 is 0 Å². The lowest BCUT2D eigenvalue weighted by Crippen LogP contribution is -1.95. The summed E-state index contributed by atoms with van der Waals surface area (Å²) in [6.07, 6.45) is 4.84. The minimum Gasteiger partial charge on any atom is -0.0783 e. The van der Waals surface area contributed by atoms with Gasteiger partial charge in [0.05, 0.1) is 0 Å². The molecule has 0 amide bonds. The Morgan fingerprint density at radius 3 is 2.71 bits per heavy atom. The van der Waals surface area contributed by atoms with Crippen LogP contribution in [0.25, 0.3) is 0 Å². The average molecular weight is 186 g/mol. The van der Waals surface area contributed by atoms with Gasteiger partial charge in [-0.25, -0.2) is 0 Å². The Morgan fingerprint density at radius 2 is 1.93 bits per heavy atom. The second-order valence-electron chi connectivity index (χ2n) is 4.50. The highest BCUT2D eigenvalue weighted by molar-refractivity contribution is 5.38. The lowest BCUT2D eigenvalue weighted by Gasteiger charge is -2.11. The molecule has 0 spiro atoms. The third-order valence-electron chi connectivity index (χ3n) is 3.11. The highest BCUT2D eigenvalue weighted by Crippen LogP contribution is 2.29. The van der Waals surface area contributed by atoms with Crippen molar-refractivity contribution in [1.29, 1.82) is 0 Å². The fourth-order valence-electron chi connectivity index (χ4n) is 2.33. The molecule has 1 aromatic carbocycles. The molecule has 74 valence electrons. The molecule has 0 saturated heterocycles. The number of rotatable bonds is 0. The van der Waals surface area contributed by atoms with Crippen molar-refractivity contribution in [3.8, 4) is 0 Å². The van der Waals surface area contributed by atoms with Crippen molar-refractivity contribution in [3.63, 3.8) is 0 Å². The summed E-state index contributed by atoms with van der Waals surface area (Å²) in [6, 6.07) is 6.87. The summed E-state index contributed by atoms with van der Waals surface area (Å²) in [5.41, 5.74) is 5.99. The van der Waals surface area contributed by atoms with Gasteiger partial charge < -0.3 is 0 Å². The highest BCUT2D eigenvalue weighted by atomic mass is 14.2. The van der Waals surface area contributed by atoms with E-state index in [0.29, 0.717) is 5.92 Å². The third-order valence-corrected chi connectivity index (χ3v) is 3.11. The third kappa shape index (κ3) is 1.75. The molecule has 2 rings (SSSR count). The molecule has 0 saturated carbocycles. The molecule has 0 aliphatic heterocycles. The Morgan fingerprint density at radius 1 is 1.14 bits per heavy atom. The summed E-state index contributed by atoms with van der Waals surface area (Å²) >= 11 is 0. The molecule has 14 heavy (non-hydrogen) atoms. The zero-order valence-electron chi connectivity index (χ0n) is 9.30.